The van der Waals surface area contributed by atoms with Crippen molar-refractivity contribution in [1.82, 2.24) is 0 Å². The predicted octanol–water partition coefficient (Wildman–Crippen LogP) is -11.3. The van der Waals surface area contributed by atoms with E-state index in [0.29, 0.717) is 6.42 Å². The van der Waals surface area contributed by atoms with Gasteiger partial charge in [-0.15, -0.1) is 6.58 Å². The van der Waals surface area contributed by atoms with Crippen molar-refractivity contribution in [3.8, 4) is 0 Å². The maximum Gasteiger partial charge on any atom is 1.00 e. The van der Waals surface area contributed by atoms with Crippen LogP contribution in [0.15, 0.2) is 12.7 Å². The van der Waals surface area contributed by atoms with Crippen LogP contribution in [0.5, 0.6) is 0 Å². The summed E-state index contributed by atoms with van der Waals surface area (Å²) < 4.78 is 26.8. The first-order chi connectivity index (χ1) is 7.40. The third kappa shape index (κ3) is 7.36. The molecular weight excluding hydrogens is 542 g/mol. The monoisotopic (exact) mass is 552 g/mol. The van der Waals surface area contributed by atoms with Gasteiger partial charge in [0.2, 0.25) is 0 Å². The quantitative estimate of drug-likeness (QED) is 0.251. The molecule has 0 aromatic carbocycles. The van der Waals surface area contributed by atoms with Crippen LogP contribution in [-0.4, -0.2) is 30.7 Å². The third-order valence-electron chi connectivity index (χ3n) is 2.82. The largest absolute Gasteiger partial charge is 1.00 e. The fraction of sp³-hybridized carbons (Fsp3) is 0.600. The molecule has 0 bridgehead atoms. The van der Waals surface area contributed by atoms with Crippen LogP contribution in [-0.2, 0) is 23.7 Å². The second-order valence-electron chi connectivity index (χ2n) is 3.70. The first-order valence-corrected chi connectivity index (χ1v) is 4.92. The smallest absolute Gasteiger partial charge is 0.520 e. The normalized spacial score (nSPS) is 38.4. The Morgan fingerprint density at radius 3 is 2.16 bits per heavy atom. The number of ether oxygens (including phenoxy) is 5. The van der Waals surface area contributed by atoms with Crippen LogP contribution in [0.4, 0.5) is 0 Å². The van der Waals surface area contributed by atoms with Gasteiger partial charge in [0, 0.05) is 0 Å². The van der Waals surface area contributed by atoms with Gasteiger partial charge in [0.1, 0.15) is 12.2 Å². The molecule has 0 saturated carbocycles. The molecule has 5 nitrogen and oxygen atoms in total. The van der Waals surface area contributed by atoms with E-state index in [1.807, 2.05) is 0 Å². The van der Waals surface area contributed by atoms with E-state index in [1.54, 1.807) is 6.08 Å². The van der Waals surface area contributed by atoms with Crippen molar-refractivity contribution in [3.05, 3.63) is 26.2 Å². The zero-order valence-electron chi connectivity index (χ0n) is 12.1. The molecule has 3 aliphatic rings. The number of fused-ring (bicyclic) bond motifs is 3. The van der Waals surface area contributed by atoms with Crippen molar-refractivity contribution >= 4 is 0 Å². The summed E-state index contributed by atoms with van der Waals surface area (Å²) >= 11 is 0. The fourth-order valence-corrected chi connectivity index (χ4v) is 2.11. The zero-order chi connectivity index (χ0) is 10.3. The van der Waals surface area contributed by atoms with E-state index in [2.05, 4.69) is 6.58 Å². The summed E-state index contributed by atoms with van der Waals surface area (Å²) in [4.78, 5) is 0. The van der Waals surface area contributed by atoms with E-state index in [9.17, 15) is 0 Å². The topological polar surface area (TPSA) is 46.2 Å². The molecule has 0 radical (unpaired) electrons. The van der Waals surface area contributed by atoms with Crippen LogP contribution < -0.4 is 233 Å². The second-order valence-corrected chi connectivity index (χ2v) is 3.70. The molecule has 0 aromatic rings. The van der Waals surface area contributed by atoms with Crippen LogP contribution in [0, 0.1) is 13.6 Å². The Morgan fingerprint density at radius 2 is 1.47 bits per heavy atom. The van der Waals surface area contributed by atoms with Gasteiger partial charge in [0.25, 0.3) is 0 Å². The van der Waals surface area contributed by atoms with E-state index in [-0.39, 0.29) is 263 Å². The molecule has 3 rings (SSSR count). The van der Waals surface area contributed by atoms with Crippen molar-refractivity contribution < 1.29 is 256 Å². The molecule has 9 heteroatoms. The van der Waals surface area contributed by atoms with E-state index in [4.69, 9.17) is 23.7 Å². The third-order valence-corrected chi connectivity index (χ3v) is 2.82. The Balaban J connectivity index is 0. The molecular formula is C10H12O5Rb4+2. The first-order valence-electron chi connectivity index (χ1n) is 4.92. The van der Waals surface area contributed by atoms with Crippen LogP contribution in [0.2, 0.25) is 0 Å². The summed E-state index contributed by atoms with van der Waals surface area (Å²) in [6, 6.07) is 0. The Morgan fingerprint density at radius 1 is 0.842 bits per heavy atom. The summed E-state index contributed by atoms with van der Waals surface area (Å²) in [6.45, 7) is 6.33. The molecule has 3 fully saturated rings. The van der Waals surface area contributed by atoms with Crippen molar-refractivity contribution in [2.75, 3.05) is 0 Å². The van der Waals surface area contributed by atoms with Gasteiger partial charge in [0.15, 0.2) is 6.29 Å². The van der Waals surface area contributed by atoms with Crippen molar-refractivity contribution in [2.24, 2.45) is 0 Å². The molecule has 5 atom stereocenters. The maximum absolute atomic E-state index is 5.66. The minimum atomic E-state index is -0.373. The number of hydrogen-bond acceptors (Lipinski definition) is 5. The first kappa shape index (κ1) is 28.0. The molecule has 0 amide bonds. The molecule has 19 heavy (non-hydrogen) atoms. The van der Waals surface area contributed by atoms with Gasteiger partial charge >= 0.3 is 233 Å². The van der Waals surface area contributed by atoms with Crippen LogP contribution in [0.3, 0.4) is 0 Å². The molecule has 0 aliphatic carbocycles. The van der Waals surface area contributed by atoms with Gasteiger partial charge < -0.3 is 23.7 Å². The molecule has 3 aliphatic heterocycles. The van der Waals surface area contributed by atoms with Gasteiger partial charge in [0.05, 0.1) is 12.2 Å². The summed E-state index contributed by atoms with van der Waals surface area (Å²) in [6.07, 6.45) is 1.56. The molecule has 3 saturated heterocycles. The van der Waals surface area contributed by atoms with E-state index in [0.717, 1.165) is 0 Å². The maximum atomic E-state index is 5.66. The molecule has 0 spiro atoms. The molecule has 5 unspecified atom stereocenters. The molecule has 0 aromatic heterocycles. The standard InChI is InChI=1S/C10H12O5.4Rb/c1-2-3-6-7-8(12-4-11-6)9-10(15-7)14-5-13-9;;;;/h2,4-10H,1,3H2;;;;/q-2;4*+1. The average molecular weight is 554 g/mol. The van der Waals surface area contributed by atoms with Crippen LogP contribution >= 0.6 is 0 Å². The fourth-order valence-electron chi connectivity index (χ4n) is 2.11. The van der Waals surface area contributed by atoms with E-state index < -0.39 is 0 Å². The average Bonchev–Trinajstić information content (AvgIpc) is 2.79. The Bertz CT molecular complexity index is 270. The van der Waals surface area contributed by atoms with Crippen molar-refractivity contribution in [3.63, 3.8) is 0 Å². The van der Waals surface area contributed by atoms with Crippen molar-refractivity contribution in [1.29, 1.82) is 0 Å². The minimum absolute atomic E-state index is 0. The minimum Gasteiger partial charge on any atom is -0.520 e. The zero-order valence-corrected chi connectivity index (χ0v) is 31.7. The SMILES string of the molecule is C=CCC1O[CH-]OC2C1OC1O[CH-]OC12.[Rb+].[Rb+].[Rb+].[Rb+]. The van der Waals surface area contributed by atoms with E-state index >= 15 is 0 Å². The molecule has 0 N–H and O–H groups in total. The number of rotatable bonds is 2. The molecule has 3 heterocycles. The van der Waals surface area contributed by atoms with Gasteiger partial charge in [-0.25, -0.2) is 0 Å². The van der Waals surface area contributed by atoms with Gasteiger partial charge in [-0.3, -0.25) is 0 Å². The predicted molar refractivity (Wildman–Crippen MR) is 47.8 cm³/mol. The van der Waals surface area contributed by atoms with Gasteiger partial charge in [-0.1, -0.05) is 19.7 Å². The Kier molecular flexibility index (Phi) is 21.8. The van der Waals surface area contributed by atoms with E-state index in [1.165, 1.54) is 13.6 Å². The second kappa shape index (κ2) is 14.8. The van der Waals surface area contributed by atoms with Crippen molar-refractivity contribution in [2.45, 2.75) is 37.1 Å². The molecule has 84 valence electrons. The van der Waals surface area contributed by atoms with Crippen LogP contribution in [0.1, 0.15) is 6.42 Å². The van der Waals surface area contributed by atoms with Crippen LogP contribution in [0.25, 0.3) is 0 Å². The Labute approximate surface area is 309 Å². The summed E-state index contributed by atoms with van der Waals surface area (Å²) in [5.74, 6) is 0. The number of hydrogen-bond donors (Lipinski definition) is 0. The Hall–Kier alpha value is 6.76. The van der Waals surface area contributed by atoms with Gasteiger partial charge in [-0.2, -0.15) is 0 Å². The van der Waals surface area contributed by atoms with Gasteiger partial charge in [-0.05, 0) is 6.42 Å². The summed E-state index contributed by atoms with van der Waals surface area (Å²) in [5, 5.41) is 0. The summed E-state index contributed by atoms with van der Waals surface area (Å²) in [7, 11) is 0. The summed E-state index contributed by atoms with van der Waals surface area (Å²) in [5.41, 5.74) is 0.